The van der Waals surface area contributed by atoms with Gasteiger partial charge in [0.1, 0.15) is 10.5 Å². The molecule has 2 heterocycles. The molecule has 0 spiro atoms. The Morgan fingerprint density at radius 2 is 2.20 bits per heavy atom. The van der Waals surface area contributed by atoms with Crippen LogP contribution in [0.1, 0.15) is 47.5 Å². The molecule has 0 saturated heterocycles. The number of aromatic nitrogens is 2. The maximum absolute atomic E-state index is 12.6. The highest BCUT2D eigenvalue weighted by Gasteiger charge is 2.28. The number of rotatable bonds is 6. The van der Waals surface area contributed by atoms with E-state index in [4.69, 9.17) is 4.74 Å². The van der Waals surface area contributed by atoms with E-state index in [0.717, 1.165) is 35.6 Å². The maximum Gasteiger partial charge on any atom is 0.341 e. The molecule has 1 atom stereocenters. The Hall–Kier alpha value is -1.45. The van der Waals surface area contributed by atoms with Gasteiger partial charge in [0.05, 0.1) is 17.4 Å². The predicted octanol–water partition coefficient (Wildman–Crippen LogP) is 3.77. The first-order valence-electron chi connectivity index (χ1n) is 8.15. The fourth-order valence-electron chi connectivity index (χ4n) is 2.71. The molecule has 0 aromatic carbocycles. The van der Waals surface area contributed by atoms with Crippen LogP contribution in [0.3, 0.4) is 0 Å². The molecule has 1 N–H and O–H groups in total. The molecule has 1 aliphatic rings. The maximum atomic E-state index is 12.6. The molecular formula is C16H19N3O3S3. The smallest absolute Gasteiger partial charge is 0.341 e. The molecule has 0 bridgehead atoms. The largest absolute Gasteiger partial charge is 0.462 e. The van der Waals surface area contributed by atoms with E-state index in [1.54, 1.807) is 12.4 Å². The number of amides is 1. The second-order valence-corrected chi connectivity index (χ2v) is 9.12. The van der Waals surface area contributed by atoms with E-state index in [1.807, 2.05) is 6.92 Å². The minimum absolute atomic E-state index is 0.149. The molecule has 6 nitrogen and oxygen atoms in total. The van der Waals surface area contributed by atoms with Crippen LogP contribution in [0.5, 0.6) is 0 Å². The number of hydrogen-bond acceptors (Lipinski definition) is 8. The second kappa shape index (κ2) is 8.29. The summed E-state index contributed by atoms with van der Waals surface area (Å²) in [5, 5.41) is 10.9. The Balaban J connectivity index is 1.80. The molecule has 9 heteroatoms. The zero-order chi connectivity index (χ0) is 17.8. The summed E-state index contributed by atoms with van der Waals surface area (Å²) >= 11 is 4.26. The van der Waals surface area contributed by atoms with Gasteiger partial charge in [0, 0.05) is 4.88 Å². The third kappa shape index (κ3) is 4.21. The average Bonchev–Trinajstić information content (AvgIpc) is 3.21. The Morgan fingerprint density at radius 3 is 2.92 bits per heavy atom. The van der Waals surface area contributed by atoms with Gasteiger partial charge in [0.15, 0.2) is 4.34 Å². The van der Waals surface area contributed by atoms with Crippen molar-refractivity contribution in [2.45, 2.75) is 49.1 Å². The number of carbonyl (C=O) groups excluding carboxylic acids is 2. The first-order valence-corrected chi connectivity index (χ1v) is 10.7. The second-order valence-electron chi connectivity index (χ2n) is 5.59. The van der Waals surface area contributed by atoms with Crippen LogP contribution in [0.2, 0.25) is 0 Å². The van der Waals surface area contributed by atoms with Crippen molar-refractivity contribution in [2.75, 3.05) is 11.9 Å². The van der Waals surface area contributed by atoms with E-state index in [-0.39, 0.29) is 17.1 Å². The van der Waals surface area contributed by atoms with Crippen molar-refractivity contribution in [3.05, 3.63) is 21.5 Å². The highest BCUT2D eigenvalue weighted by atomic mass is 32.2. The first-order chi connectivity index (χ1) is 12.1. The van der Waals surface area contributed by atoms with Gasteiger partial charge >= 0.3 is 5.97 Å². The molecule has 1 amide bonds. The molecule has 3 rings (SSSR count). The molecule has 2 aromatic heterocycles. The van der Waals surface area contributed by atoms with Crippen LogP contribution < -0.4 is 5.32 Å². The topological polar surface area (TPSA) is 81.2 Å². The Kier molecular flexibility index (Phi) is 6.08. The molecule has 2 aromatic rings. The quantitative estimate of drug-likeness (QED) is 0.590. The van der Waals surface area contributed by atoms with Crippen LogP contribution in [0.25, 0.3) is 0 Å². The van der Waals surface area contributed by atoms with E-state index in [2.05, 4.69) is 15.5 Å². The summed E-state index contributed by atoms with van der Waals surface area (Å²) in [6, 6.07) is 0. The Morgan fingerprint density at radius 1 is 1.40 bits per heavy atom. The van der Waals surface area contributed by atoms with Gasteiger partial charge in [-0.3, -0.25) is 4.79 Å². The standard InChI is InChI=1S/C16H19N3O3S3/c1-3-22-15(21)12-10-6-4-5-7-11(10)25-14(12)18-13(20)9(2)24-16-19-17-8-23-16/h8-9H,3-7H2,1-2H3,(H,18,20)/t9-/m0/s1. The molecule has 0 saturated carbocycles. The molecule has 25 heavy (non-hydrogen) atoms. The zero-order valence-corrected chi connectivity index (χ0v) is 16.5. The van der Waals surface area contributed by atoms with Gasteiger partial charge in [-0.2, -0.15) is 0 Å². The van der Waals surface area contributed by atoms with Gasteiger partial charge < -0.3 is 10.1 Å². The van der Waals surface area contributed by atoms with E-state index < -0.39 is 0 Å². The van der Waals surface area contributed by atoms with Crippen molar-refractivity contribution in [3.63, 3.8) is 0 Å². The lowest BCUT2D eigenvalue weighted by molar-refractivity contribution is -0.115. The first kappa shape index (κ1) is 18.3. The van der Waals surface area contributed by atoms with Gasteiger partial charge in [0.2, 0.25) is 5.91 Å². The van der Waals surface area contributed by atoms with Crippen molar-refractivity contribution < 1.29 is 14.3 Å². The van der Waals surface area contributed by atoms with Crippen LogP contribution in [-0.4, -0.2) is 33.9 Å². The van der Waals surface area contributed by atoms with Gasteiger partial charge in [-0.05, 0) is 45.1 Å². The van der Waals surface area contributed by atoms with Gasteiger partial charge in [-0.1, -0.05) is 23.1 Å². The summed E-state index contributed by atoms with van der Waals surface area (Å²) in [6.45, 7) is 3.93. The highest BCUT2D eigenvalue weighted by Crippen LogP contribution is 2.39. The van der Waals surface area contributed by atoms with Crippen LogP contribution in [0.15, 0.2) is 9.85 Å². The van der Waals surface area contributed by atoms with Crippen molar-refractivity contribution in [2.24, 2.45) is 0 Å². The lowest BCUT2D eigenvalue weighted by Crippen LogP contribution is -2.23. The number of aryl methyl sites for hydroxylation is 1. The number of carbonyl (C=O) groups is 2. The molecule has 1 aliphatic carbocycles. The number of esters is 1. The lowest BCUT2D eigenvalue weighted by Gasteiger charge is -2.13. The zero-order valence-electron chi connectivity index (χ0n) is 14.0. The minimum Gasteiger partial charge on any atom is -0.462 e. The third-order valence-electron chi connectivity index (χ3n) is 3.87. The normalized spacial score (nSPS) is 14.6. The monoisotopic (exact) mass is 397 g/mol. The summed E-state index contributed by atoms with van der Waals surface area (Å²) in [5.41, 5.74) is 3.23. The lowest BCUT2D eigenvalue weighted by atomic mass is 9.95. The van der Waals surface area contributed by atoms with E-state index in [0.29, 0.717) is 17.2 Å². The molecule has 0 aliphatic heterocycles. The predicted molar refractivity (Wildman–Crippen MR) is 101 cm³/mol. The van der Waals surface area contributed by atoms with E-state index in [1.165, 1.54) is 39.3 Å². The summed E-state index contributed by atoms with van der Waals surface area (Å²) in [4.78, 5) is 26.2. The SMILES string of the molecule is CCOC(=O)c1c(NC(=O)[C@H](C)Sc2nncs2)sc2c1CCCC2. The fourth-order valence-corrected chi connectivity index (χ4v) is 5.61. The Bertz CT molecular complexity index is 758. The average molecular weight is 398 g/mol. The summed E-state index contributed by atoms with van der Waals surface area (Å²) < 4.78 is 5.96. The number of thiophene rings is 1. The molecule has 0 radical (unpaired) electrons. The Labute approximate surface area is 158 Å². The fraction of sp³-hybridized carbons (Fsp3) is 0.500. The van der Waals surface area contributed by atoms with Crippen molar-refractivity contribution in [3.8, 4) is 0 Å². The van der Waals surface area contributed by atoms with Crippen LogP contribution in [0, 0.1) is 0 Å². The van der Waals surface area contributed by atoms with Gasteiger partial charge in [-0.25, -0.2) is 4.79 Å². The number of hydrogen-bond donors (Lipinski definition) is 1. The van der Waals surface area contributed by atoms with Gasteiger partial charge in [0.25, 0.3) is 0 Å². The minimum atomic E-state index is -0.346. The van der Waals surface area contributed by atoms with Crippen LogP contribution in [0.4, 0.5) is 5.00 Å². The molecule has 0 fully saturated rings. The van der Waals surface area contributed by atoms with Crippen molar-refractivity contribution in [1.82, 2.24) is 10.2 Å². The number of nitrogens with one attached hydrogen (secondary N) is 1. The van der Waals surface area contributed by atoms with E-state index in [9.17, 15) is 9.59 Å². The summed E-state index contributed by atoms with van der Waals surface area (Å²) in [7, 11) is 0. The highest BCUT2D eigenvalue weighted by molar-refractivity contribution is 8.02. The van der Waals surface area contributed by atoms with Gasteiger partial charge in [-0.15, -0.1) is 21.5 Å². The van der Waals surface area contributed by atoms with Crippen LogP contribution in [-0.2, 0) is 22.4 Å². The number of nitrogens with zero attached hydrogens (tertiary/aromatic N) is 2. The van der Waals surface area contributed by atoms with Crippen molar-refractivity contribution in [1.29, 1.82) is 0 Å². The molecule has 0 unspecified atom stereocenters. The number of ether oxygens (including phenoxy) is 1. The number of fused-ring (bicyclic) bond motifs is 1. The third-order valence-corrected chi connectivity index (χ3v) is 6.99. The van der Waals surface area contributed by atoms with Crippen LogP contribution >= 0.6 is 34.4 Å². The summed E-state index contributed by atoms with van der Waals surface area (Å²) in [5.74, 6) is -0.494. The van der Waals surface area contributed by atoms with Crippen molar-refractivity contribution >= 4 is 51.3 Å². The number of thioether (sulfide) groups is 1. The number of anilines is 1. The molecule has 134 valence electrons. The molecular weight excluding hydrogens is 378 g/mol. The van der Waals surface area contributed by atoms with E-state index >= 15 is 0 Å². The summed E-state index contributed by atoms with van der Waals surface area (Å²) in [6.07, 6.45) is 4.00.